The highest BCUT2D eigenvalue weighted by atomic mass is 32.2. The van der Waals surface area contributed by atoms with Crippen LogP contribution in [-0.4, -0.2) is 31.9 Å². The van der Waals surface area contributed by atoms with Crippen molar-refractivity contribution in [3.05, 3.63) is 29.8 Å². The number of benzene rings is 1. The van der Waals surface area contributed by atoms with Crippen LogP contribution in [0.15, 0.2) is 23.1 Å². The maximum atomic E-state index is 13.7. The zero-order chi connectivity index (χ0) is 14.0. The van der Waals surface area contributed by atoms with Crippen LogP contribution < -0.4 is 5.73 Å². The van der Waals surface area contributed by atoms with Crippen LogP contribution in [0.25, 0.3) is 0 Å². The highest BCUT2D eigenvalue weighted by Crippen LogP contribution is 2.28. The average molecular weight is 290 g/mol. The number of hydrogen-bond acceptors (Lipinski definition) is 3. The number of halogens is 2. The summed E-state index contributed by atoms with van der Waals surface area (Å²) in [5, 5.41) is 0. The van der Waals surface area contributed by atoms with Gasteiger partial charge in [0, 0.05) is 19.1 Å². The maximum absolute atomic E-state index is 13.7. The van der Waals surface area contributed by atoms with Gasteiger partial charge in [0.1, 0.15) is 11.6 Å². The predicted molar refractivity (Wildman–Crippen MR) is 66.9 cm³/mol. The Bertz CT molecular complexity index is 543. The Morgan fingerprint density at radius 2 is 1.89 bits per heavy atom. The van der Waals surface area contributed by atoms with Gasteiger partial charge in [0.25, 0.3) is 0 Å². The number of sulfonamides is 1. The second-order valence-electron chi connectivity index (χ2n) is 4.55. The summed E-state index contributed by atoms with van der Waals surface area (Å²) in [6.07, 6.45) is 2.16. The molecule has 1 aromatic carbocycles. The van der Waals surface area contributed by atoms with Gasteiger partial charge in [-0.1, -0.05) is 12.5 Å². The van der Waals surface area contributed by atoms with E-state index in [9.17, 15) is 17.2 Å². The third-order valence-electron chi connectivity index (χ3n) is 3.33. The predicted octanol–water partition coefficient (Wildman–Crippen LogP) is 1.47. The van der Waals surface area contributed by atoms with Crippen LogP contribution in [0.3, 0.4) is 0 Å². The Morgan fingerprint density at radius 1 is 1.26 bits per heavy atom. The molecule has 1 atom stereocenters. The SMILES string of the molecule is NC[C@@H]1CCCCN1S(=O)(=O)c1c(F)cccc1F. The van der Waals surface area contributed by atoms with Gasteiger partial charge in [-0.05, 0) is 25.0 Å². The van der Waals surface area contributed by atoms with Gasteiger partial charge >= 0.3 is 0 Å². The van der Waals surface area contributed by atoms with E-state index in [2.05, 4.69) is 0 Å². The minimum Gasteiger partial charge on any atom is -0.329 e. The third-order valence-corrected chi connectivity index (χ3v) is 5.33. The first kappa shape index (κ1) is 14.4. The van der Waals surface area contributed by atoms with Gasteiger partial charge in [-0.2, -0.15) is 4.31 Å². The molecule has 0 aliphatic carbocycles. The first-order valence-electron chi connectivity index (χ1n) is 6.14. The Balaban J connectivity index is 2.47. The molecule has 0 aromatic heterocycles. The fourth-order valence-electron chi connectivity index (χ4n) is 2.37. The zero-order valence-corrected chi connectivity index (χ0v) is 11.2. The molecule has 1 saturated heterocycles. The number of nitrogens with two attached hydrogens (primary N) is 1. The lowest BCUT2D eigenvalue weighted by Gasteiger charge is -2.33. The van der Waals surface area contributed by atoms with Crippen LogP contribution in [-0.2, 0) is 10.0 Å². The molecule has 0 amide bonds. The lowest BCUT2D eigenvalue weighted by molar-refractivity contribution is 0.256. The molecular weight excluding hydrogens is 274 g/mol. The van der Waals surface area contributed by atoms with Crippen molar-refractivity contribution >= 4 is 10.0 Å². The second-order valence-corrected chi connectivity index (χ2v) is 6.38. The molecule has 1 aromatic rings. The molecule has 1 aliphatic rings. The van der Waals surface area contributed by atoms with Gasteiger partial charge in [-0.25, -0.2) is 17.2 Å². The normalized spacial score (nSPS) is 21.5. The number of nitrogens with zero attached hydrogens (tertiary/aromatic N) is 1. The lowest BCUT2D eigenvalue weighted by Crippen LogP contribution is -2.47. The number of hydrogen-bond donors (Lipinski definition) is 1. The van der Waals surface area contributed by atoms with Crippen LogP contribution in [0.5, 0.6) is 0 Å². The van der Waals surface area contributed by atoms with Gasteiger partial charge in [-0.15, -0.1) is 0 Å². The van der Waals surface area contributed by atoms with Crippen molar-refractivity contribution in [3.8, 4) is 0 Å². The van der Waals surface area contributed by atoms with Crippen molar-refractivity contribution in [3.63, 3.8) is 0 Å². The van der Waals surface area contributed by atoms with Crippen LogP contribution in [0, 0.1) is 11.6 Å². The molecule has 0 radical (unpaired) electrons. The number of piperidine rings is 1. The summed E-state index contributed by atoms with van der Waals surface area (Å²) < 4.78 is 53.2. The molecule has 7 heteroatoms. The van der Waals surface area contributed by atoms with E-state index in [0.717, 1.165) is 28.9 Å². The van der Waals surface area contributed by atoms with E-state index in [0.29, 0.717) is 12.8 Å². The standard InChI is InChI=1S/C12H16F2N2O2S/c13-10-5-3-6-11(14)12(10)19(17,18)16-7-2-1-4-9(16)8-15/h3,5-6,9H,1-2,4,7-8,15H2/t9-/m0/s1. The first-order valence-corrected chi connectivity index (χ1v) is 7.58. The van der Waals surface area contributed by atoms with E-state index in [-0.39, 0.29) is 13.1 Å². The van der Waals surface area contributed by atoms with Gasteiger partial charge in [0.15, 0.2) is 4.90 Å². The maximum Gasteiger partial charge on any atom is 0.249 e. The van der Waals surface area contributed by atoms with Crippen LogP contribution >= 0.6 is 0 Å². The summed E-state index contributed by atoms with van der Waals surface area (Å²) in [6.45, 7) is 0.396. The van der Waals surface area contributed by atoms with Crippen molar-refractivity contribution in [1.82, 2.24) is 4.31 Å². The van der Waals surface area contributed by atoms with Crippen molar-refractivity contribution in [2.24, 2.45) is 5.73 Å². The lowest BCUT2D eigenvalue weighted by atomic mass is 10.1. The van der Waals surface area contributed by atoms with Crippen LogP contribution in [0.1, 0.15) is 19.3 Å². The van der Waals surface area contributed by atoms with Crippen molar-refractivity contribution in [1.29, 1.82) is 0 Å². The topological polar surface area (TPSA) is 63.4 Å². The molecule has 2 rings (SSSR count). The largest absolute Gasteiger partial charge is 0.329 e. The summed E-state index contributed by atoms with van der Waals surface area (Å²) in [5.41, 5.74) is 5.55. The van der Waals surface area contributed by atoms with Crippen LogP contribution in [0.4, 0.5) is 8.78 Å². The average Bonchev–Trinajstić information content (AvgIpc) is 2.38. The highest BCUT2D eigenvalue weighted by Gasteiger charge is 2.36. The molecule has 0 bridgehead atoms. The summed E-state index contributed by atoms with van der Waals surface area (Å²) in [4.78, 5) is -0.879. The fraction of sp³-hybridized carbons (Fsp3) is 0.500. The molecule has 0 unspecified atom stereocenters. The molecule has 2 N–H and O–H groups in total. The molecule has 0 spiro atoms. The minimum atomic E-state index is -4.18. The van der Waals surface area contributed by atoms with E-state index in [4.69, 9.17) is 5.73 Å². The second kappa shape index (κ2) is 5.52. The van der Waals surface area contributed by atoms with E-state index >= 15 is 0 Å². The van der Waals surface area contributed by atoms with Crippen molar-refractivity contribution < 1.29 is 17.2 Å². The first-order chi connectivity index (χ1) is 8.98. The van der Waals surface area contributed by atoms with Gasteiger partial charge in [-0.3, -0.25) is 0 Å². The Labute approximate surface area is 111 Å². The molecular formula is C12H16F2N2O2S. The van der Waals surface area contributed by atoms with E-state index in [1.165, 1.54) is 0 Å². The summed E-state index contributed by atoms with van der Waals surface area (Å²) >= 11 is 0. The minimum absolute atomic E-state index is 0.148. The van der Waals surface area contributed by atoms with E-state index in [1.807, 2.05) is 0 Å². The molecule has 1 fully saturated rings. The highest BCUT2D eigenvalue weighted by molar-refractivity contribution is 7.89. The van der Waals surface area contributed by atoms with Crippen molar-refractivity contribution in [2.75, 3.05) is 13.1 Å². The zero-order valence-electron chi connectivity index (χ0n) is 10.4. The summed E-state index contributed by atoms with van der Waals surface area (Å²) in [5.74, 6) is -2.14. The fourth-order valence-corrected chi connectivity index (χ4v) is 4.19. The monoisotopic (exact) mass is 290 g/mol. The van der Waals surface area contributed by atoms with Gasteiger partial charge in [0.05, 0.1) is 0 Å². The van der Waals surface area contributed by atoms with Gasteiger partial charge < -0.3 is 5.73 Å². The number of rotatable bonds is 3. The quantitative estimate of drug-likeness (QED) is 0.917. The molecule has 1 heterocycles. The molecule has 106 valence electrons. The van der Waals surface area contributed by atoms with Gasteiger partial charge in [0.2, 0.25) is 10.0 Å². The van der Waals surface area contributed by atoms with E-state index in [1.54, 1.807) is 0 Å². The Kier molecular flexibility index (Phi) is 4.17. The summed E-state index contributed by atoms with van der Waals surface area (Å²) in [7, 11) is -4.18. The Morgan fingerprint density at radius 3 is 2.47 bits per heavy atom. The third kappa shape index (κ3) is 2.63. The van der Waals surface area contributed by atoms with Crippen molar-refractivity contribution in [2.45, 2.75) is 30.2 Å². The van der Waals surface area contributed by atoms with E-state index < -0.39 is 32.6 Å². The Hall–Kier alpha value is -1.05. The molecule has 1 aliphatic heterocycles. The van der Waals surface area contributed by atoms with Crippen LogP contribution in [0.2, 0.25) is 0 Å². The molecule has 4 nitrogen and oxygen atoms in total. The molecule has 0 saturated carbocycles. The summed E-state index contributed by atoms with van der Waals surface area (Å²) in [6, 6.07) is 2.63. The smallest absolute Gasteiger partial charge is 0.249 e. The molecule has 19 heavy (non-hydrogen) atoms.